The number of hydrogen-bond donors (Lipinski definition) is 0. The van der Waals surface area contributed by atoms with Crippen LogP contribution in [0.15, 0.2) is 12.3 Å². The molecule has 1 aliphatic rings. The Labute approximate surface area is 87.9 Å². The van der Waals surface area contributed by atoms with E-state index in [-0.39, 0.29) is 10.6 Å². The van der Waals surface area contributed by atoms with E-state index in [9.17, 15) is 10.1 Å². The zero-order valence-corrected chi connectivity index (χ0v) is 8.64. The third kappa shape index (κ3) is 1.91. The van der Waals surface area contributed by atoms with Crippen LogP contribution in [-0.2, 0) is 0 Å². The third-order valence-corrected chi connectivity index (χ3v) is 2.59. The molecular weight excluding hydrogens is 194 g/mol. The molecule has 0 radical (unpaired) electrons. The fourth-order valence-electron chi connectivity index (χ4n) is 1.85. The number of anilines is 1. The van der Waals surface area contributed by atoms with Gasteiger partial charge in [0.05, 0.1) is 4.92 Å². The fraction of sp³-hybridized carbons (Fsp3) is 0.500. The Morgan fingerprint density at radius 3 is 2.73 bits per heavy atom. The van der Waals surface area contributed by atoms with Crippen LogP contribution in [0.4, 0.5) is 11.5 Å². The number of rotatable bonds is 2. The van der Waals surface area contributed by atoms with Crippen LogP contribution in [0.5, 0.6) is 0 Å². The van der Waals surface area contributed by atoms with Crippen molar-refractivity contribution < 1.29 is 4.92 Å². The minimum atomic E-state index is -0.354. The van der Waals surface area contributed by atoms with Crippen LogP contribution in [0.3, 0.4) is 0 Å². The van der Waals surface area contributed by atoms with Crippen LogP contribution in [0.1, 0.15) is 18.4 Å². The van der Waals surface area contributed by atoms with Crippen molar-refractivity contribution in [3.63, 3.8) is 0 Å². The molecule has 1 saturated heterocycles. The van der Waals surface area contributed by atoms with Crippen molar-refractivity contribution in [2.24, 2.45) is 0 Å². The van der Waals surface area contributed by atoms with Gasteiger partial charge in [0.25, 0.3) is 0 Å². The first-order valence-electron chi connectivity index (χ1n) is 5.04. The van der Waals surface area contributed by atoms with E-state index >= 15 is 0 Å². The second kappa shape index (κ2) is 3.84. The number of pyridine rings is 1. The molecule has 80 valence electrons. The van der Waals surface area contributed by atoms with E-state index < -0.39 is 0 Å². The lowest BCUT2D eigenvalue weighted by Gasteiger charge is -2.15. The molecule has 0 spiro atoms. The largest absolute Gasteiger partial charge is 0.351 e. The van der Waals surface area contributed by atoms with Crippen molar-refractivity contribution in [3.05, 3.63) is 27.9 Å². The SMILES string of the molecule is Cc1cnc(N2CCCC2)c([N+](=O)[O-])c1. The normalized spacial score (nSPS) is 15.7. The van der Waals surface area contributed by atoms with Gasteiger partial charge in [0.2, 0.25) is 5.82 Å². The number of aryl methyl sites for hydroxylation is 1. The molecule has 0 amide bonds. The van der Waals surface area contributed by atoms with Crippen LogP contribution >= 0.6 is 0 Å². The molecule has 1 fully saturated rings. The number of nitro groups is 1. The maximum atomic E-state index is 10.9. The van der Waals surface area contributed by atoms with Crippen molar-refractivity contribution in [3.8, 4) is 0 Å². The highest BCUT2D eigenvalue weighted by atomic mass is 16.6. The molecule has 5 heteroatoms. The minimum Gasteiger partial charge on any atom is -0.351 e. The summed E-state index contributed by atoms with van der Waals surface area (Å²) in [6.07, 6.45) is 3.86. The van der Waals surface area contributed by atoms with Gasteiger partial charge in [0, 0.05) is 25.4 Å². The highest BCUT2D eigenvalue weighted by molar-refractivity contribution is 5.58. The van der Waals surface area contributed by atoms with Crippen LogP contribution < -0.4 is 4.90 Å². The van der Waals surface area contributed by atoms with Crippen LogP contribution in [0.2, 0.25) is 0 Å². The predicted octanol–water partition coefficient (Wildman–Crippen LogP) is 1.90. The zero-order valence-electron chi connectivity index (χ0n) is 8.64. The monoisotopic (exact) mass is 207 g/mol. The molecule has 1 aromatic heterocycles. The van der Waals surface area contributed by atoms with Crippen molar-refractivity contribution >= 4 is 11.5 Å². The van der Waals surface area contributed by atoms with Gasteiger partial charge in [-0.05, 0) is 25.3 Å². The summed E-state index contributed by atoms with van der Waals surface area (Å²) >= 11 is 0. The standard InChI is InChI=1S/C10H13N3O2/c1-8-6-9(13(14)15)10(11-7-8)12-4-2-3-5-12/h6-7H,2-5H2,1H3. The number of hydrogen-bond acceptors (Lipinski definition) is 4. The van der Waals surface area contributed by atoms with Gasteiger partial charge in [0.15, 0.2) is 0 Å². The van der Waals surface area contributed by atoms with Gasteiger partial charge in [-0.15, -0.1) is 0 Å². The summed E-state index contributed by atoms with van der Waals surface area (Å²) in [6, 6.07) is 1.58. The topological polar surface area (TPSA) is 59.3 Å². The lowest BCUT2D eigenvalue weighted by atomic mass is 10.3. The summed E-state index contributed by atoms with van der Waals surface area (Å²) < 4.78 is 0. The molecule has 0 bridgehead atoms. The quantitative estimate of drug-likeness (QED) is 0.549. The number of nitrogens with zero attached hydrogens (tertiary/aromatic N) is 3. The molecule has 0 saturated carbocycles. The van der Waals surface area contributed by atoms with Gasteiger partial charge >= 0.3 is 5.69 Å². The van der Waals surface area contributed by atoms with Crippen molar-refractivity contribution in [1.29, 1.82) is 0 Å². The van der Waals surface area contributed by atoms with Gasteiger partial charge in [-0.2, -0.15) is 0 Å². The van der Waals surface area contributed by atoms with Gasteiger partial charge < -0.3 is 4.90 Å². The predicted molar refractivity (Wildman–Crippen MR) is 57.1 cm³/mol. The Kier molecular flexibility index (Phi) is 2.53. The first-order valence-corrected chi connectivity index (χ1v) is 5.04. The molecular formula is C10H13N3O2. The first kappa shape index (κ1) is 9.89. The van der Waals surface area contributed by atoms with E-state index in [0.29, 0.717) is 5.82 Å². The smallest absolute Gasteiger partial charge is 0.311 e. The summed E-state index contributed by atoms with van der Waals surface area (Å²) in [5, 5.41) is 10.9. The van der Waals surface area contributed by atoms with Gasteiger partial charge in [-0.25, -0.2) is 4.98 Å². The second-order valence-electron chi connectivity index (χ2n) is 3.81. The molecule has 1 aromatic rings. The lowest BCUT2D eigenvalue weighted by molar-refractivity contribution is -0.384. The lowest BCUT2D eigenvalue weighted by Crippen LogP contribution is -2.20. The Hall–Kier alpha value is -1.65. The second-order valence-corrected chi connectivity index (χ2v) is 3.81. The molecule has 1 aliphatic heterocycles. The summed E-state index contributed by atoms with van der Waals surface area (Å²) in [6.45, 7) is 3.56. The maximum absolute atomic E-state index is 10.9. The van der Waals surface area contributed by atoms with E-state index in [0.717, 1.165) is 31.5 Å². The highest BCUT2D eigenvalue weighted by Crippen LogP contribution is 2.28. The average molecular weight is 207 g/mol. The fourth-order valence-corrected chi connectivity index (χ4v) is 1.85. The molecule has 0 aromatic carbocycles. The molecule has 2 heterocycles. The van der Waals surface area contributed by atoms with Gasteiger partial charge in [-0.1, -0.05) is 0 Å². The molecule has 15 heavy (non-hydrogen) atoms. The highest BCUT2D eigenvalue weighted by Gasteiger charge is 2.23. The van der Waals surface area contributed by atoms with Crippen molar-refractivity contribution in [2.75, 3.05) is 18.0 Å². The first-order chi connectivity index (χ1) is 7.18. The summed E-state index contributed by atoms with van der Waals surface area (Å²) in [7, 11) is 0. The van der Waals surface area contributed by atoms with Crippen molar-refractivity contribution in [1.82, 2.24) is 4.98 Å². The Bertz CT molecular complexity index is 386. The Balaban J connectivity index is 2.40. The van der Waals surface area contributed by atoms with E-state index in [1.807, 2.05) is 11.8 Å². The molecule has 0 N–H and O–H groups in total. The van der Waals surface area contributed by atoms with Gasteiger partial charge in [-0.3, -0.25) is 10.1 Å². The molecule has 0 unspecified atom stereocenters. The Morgan fingerprint density at radius 1 is 1.47 bits per heavy atom. The average Bonchev–Trinajstić information content (AvgIpc) is 2.70. The van der Waals surface area contributed by atoms with E-state index in [1.165, 1.54) is 0 Å². The van der Waals surface area contributed by atoms with Crippen LogP contribution in [0.25, 0.3) is 0 Å². The van der Waals surface area contributed by atoms with Crippen molar-refractivity contribution in [2.45, 2.75) is 19.8 Å². The summed E-state index contributed by atoms with van der Waals surface area (Å²) in [5.41, 5.74) is 0.946. The molecule has 0 atom stereocenters. The zero-order chi connectivity index (χ0) is 10.8. The van der Waals surface area contributed by atoms with Crippen LogP contribution in [-0.4, -0.2) is 23.0 Å². The van der Waals surface area contributed by atoms with Gasteiger partial charge in [0.1, 0.15) is 0 Å². The maximum Gasteiger partial charge on any atom is 0.311 e. The minimum absolute atomic E-state index is 0.122. The Morgan fingerprint density at radius 2 is 2.13 bits per heavy atom. The van der Waals surface area contributed by atoms with E-state index in [2.05, 4.69) is 4.98 Å². The summed E-state index contributed by atoms with van der Waals surface area (Å²) in [5.74, 6) is 0.517. The molecule has 2 rings (SSSR count). The summed E-state index contributed by atoms with van der Waals surface area (Å²) in [4.78, 5) is 16.7. The van der Waals surface area contributed by atoms with E-state index in [4.69, 9.17) is 0 Å². The third-order valence-electron chi connectivity index (χ3n) is 2.59. The van der Waals surface area contributed by atoms with E-state index in [1.54, 1.807) is 12.3 Å². The number of aromatic nitrogens is 1. The molecule has 0 aliphatic carbocycles. The van der Waals surface area contributed by atoms with Crippen LogP contribution in [0, 0.1) is 17.0 Å². The molecule has 5 nitrogen and oxygen atoms in total.